The van der Waals surface area contributed by atoms with Crippen LogP contribution in [0.3, 0.4) is 0 Å². The van der Waals surface area contributed by atoms with Crippen molar-refractivity contribution in [1.82, 2.24) is 9.80 Å². The highest BCUT2D eigenvalue weighted by Crippen LogP contribution is 2.26. The topological polar surface area (TPSA) is 23.6 Å². The van der Waals surface area contributed by atoms with Crippen LogP contribution in [0.1, 0.15) is 10.4 Å². The molecule has 3 nitrogen and oxygen atoms in total. The number of amides is 1. The Kier molecular flexibility index (Phi) is 4.10. The van der Waals surface area contributed by atoms with Gasteiger partial charge in [-0.2, -0.15) is 0 Å². The molecule has 0 saturated carbocycles. The molecule has 0 atom stereocenters. The van der Waals surface area contributed by atoms with Crippen LogP contribution in [0.2, 0.25) is 0 Å². The number of rotatable bonds is 2. The third-order valence-corrected chi connectivity index (χ3v) is 4.62. The third kappa shape index (κ3) is 2.66. The molecular formula is C12H14BrIN2O. The van der Waals surface area contributed by atoms with E-state index in [0.717, 1.165) is 26.7 Å². The van der Waals surface area contributed by atoms with Crippen LogP contribution < -0.4 is 0 Å². The zero-order valence-corrected chi connectivity index (χ0v) is 13.5. The minimum absolute atomic E-state index is 0.125. The van der Waals surface area contributed by atoms with E-state index in [4.69, 9.17) is 0 Å². The highest BCUT2D eigenvalue weighted by Gasteiger charge is 2.33. The summed E-state index contributed by atoms with van der Waals surface area (Å²) in [6, 6.07) is 6.32. The van der Waals surface area contributed by atoms with E-state index in [1.165, 1.54) is 0 Å². The first-order valence-electron chi connectivity index (χ1n) is 5.40. The van der Waals surface area contributed by atoms with E-state index in [1.54, 1.807) is 0 Å². The number of halogens is 2. The number of benzene rings is 1. The Bertz CT molecular complexity index is 424. The second-order valence-electron chi connectivity index (χ2n) is 4.42. The number of hydrogen-bond acceptors (Lipinski definition) is 2. The van der Waals surface area contributed by atoms with Crippen molar-refractivity contribution < 1.29 is 4.79 Å². The van der Waals surface area contributed by atoms with E-state index in [0.29, 0.717) is 6.04 Å². The molecule has 1 saturated heterocycles. The Balaban J connectivity index is 2.12. The Morgan fingerprint density at radius 3 is 2.65 bits per heavy atom. The van der Waals surface area contributed by atoms with Gasteiger partial charge >= 0.3 is 0 Å². The molecule has 1 aromatic carbocycles. The number of carbonyl (C=O) groups is 1. The van der Waals surface area contributed by atoms with Gasteiger partial charge in [-0.1, -0.05) is 6.07 Å². The fraction of sp³-hybridized carbons (Fsp3) is 0.417. The standard InChI is InChI=1S/C12H14BrIN2O/c1-15(2)8-6-16(7-8)12(17)11-9(13)4-3-5-10(11)14/h3-5,8H,6-7H2,1-2H3. The molecule has 0 radical (unpaired) electrons. The molecule has 92 valence electrons. The summed E-state index contributed by atoms with van der Waals surface area (Å²) in [5, 5.41) is 0. The average molecular weight is 409 g/mol. The first-order chi connectivity index (χ1) is 8.00. The molecule has 1 aliphatic heterocycles. The van der Waals surface area contributed by atoms with Crippen molar-refractivity contribution >= 4 is 44.4 Å². The summed E-state index contributed by atoms with van der Waals surface area (Å²) in [6.07, 6.45) is 0. The van der Waals surface area contributed by atoms with Gasteiger partial charge < -0.3 is 9.80 Å². The van der Waals surface area contributed by atoms with Gasteiger partial charge in [0.05, 0.1) is 5.56 Å². The van der Waals surface area contributed by atoms with Gasteiger partial charge in [-0.25, -0.2) is 0 Å². The van der Waals surface area contributed by atoms with Gasteiger partial charge in [0, 0.05) is 27.2 Å². The Morgan fingerprint density at radius 1 is 1.47 bits per heavy atom. The minimum Gasteiger partial charge on any atom is -0.335 e. The van der Waals surface area contributed by atoms with Crippen molar-refractivity contribution in [3.63, 3.8) is 0 Å². The van der Waals surface area contributed by atoms with E-state index in [-0.39, 0.29) is 5.91 Å². The number of hydrogen-bond donors (Lipinski definition) is 0. The highest BCUT2D eigenvalue weighted by atomic mass is 127. The molecule has 1 heterocycles. The quantitative estimate of drug-likeness (QED) is 0.701. The van der Waals surface area contributed by atoms with Gasteiger partial charge in [0.15, 0.2) is 0 Å². The SMILES string of the molecule is CN(C)C1CN(C(=O)c2c(Br)cccc2I)C1. The molecule has 5 heteroatoms. The van der Waals surface area contributed by atoms with Crippen LogP contribution in [0.5, 0.6) is 0 Å². The number of likely N-dealkylation sites (tertiary alicyclic amines) is 1. The number of carbonyl (C=O) groups excluding carboxylic acids is 1. The van der Waals surface area contributed by atoms with Crippen LogP contribution in [0.25, 0.3) is 0 Å². The number of likely N-dealkylation sites (N-methyl/N-ethyl adjacent to an activating group) is 1. The highest BCUT2D eigenvalue weighted by molar-refractivity contribution is 14.1. The van der Waals surface area contributed by atoms with Crippen LogP contribution in [0.15, 0.2) is 22.7 Å². The van der Waals surface area contributed by atoms with E-state index in [2.05, 4.69) is 57.5 Å². The summed E-state index contributed by atoms with van der Waals surface area (Å²) in [5.41, 5.74) is 0.783. The fourth-order valence-electron chi connectivity index (χ4n) is 1.81. The van der Waals surface area contributed by atoms with E-state index in [1.807, 2.05) is 23.1 Å². The van der Waals surface area contributed by atoms with Crippen LogP contribution in [0, 0.1) is 3.57 Å². The summed E-state index contributed by atoms with van der Waals surface area (Å²) in [5.74, 6) is 0.125. The zero-order chi connectivity index (χ0) is 12.6. The predicted molar refractivity (Wildman–Crippen MR) is 80.2 cm³/mol. The molecule has 0 N–H and O–H groups in total. The largest absolute Gasteiger partial charge is 0.335 e. The zero-order valence-electron chi connectivity index (χ0n) is 9.78. The smallest absolute Gasteiger partial charge is 0.256 e. The number of nitrogens with zero attached hydrogens (tertiary/aromatic N) is 2. The van der Waals surface area contributed by atoms with Crippen molar-refractivity contribution in [3.8, 4) is 0 Å². The minimum atomic E-state index is 0.125. The molecule has 17 heavy (non-hydrogen) atoms. The molecule has 0 aromatic heterocycles. The first-order valence-corrected chi connectivity index (χ1v) is 7.27. The lowest BCUT2D eigenvalue weighted by molar-refractivity contribution is 0.0397. The molecule has 0 bridgehead atoms. The Morgan fingerprint density at radius 2 is 2.12 bits per heavy atom. The third-order valence-electron chi connectivity index (χ3n) is 3.06. The molecule has 1 aromatic rings. The van der Waals surface area contributed by atoms with E-state index >= 15 is 0 Å². The lowest BCUT2D eigenvalue weighted by atomic mass is 10.1. The predicted octanol–water partition coefficient (Wildman–Crippen LogP) is 2.44. The summed E-state index contributed by atoms with van der Waals surface area (Å²) in [7, 11) is 4.10. The van der Waals surface area contributed by atoms with E-state index < -0.39 is 0 Å². The van der Waals surface area contributed by atoms with Gasteiger partial charge in [-0.3, -0.25) is 4.79 Å². The Hall–Kier alpha value is -0.140. The fourth-order valence-corrected chi connectivity index (χ4v) is 3.44. The summed E-state index contributed by atoms with van der Waals surface area (Å²) >= 11 is 5.66. The second-order valence-corrected chi connectivity index (χ2v) is 6.44. The van der Waals surface area contributed by atoms with Crippen LogP contribution in [0.4, 0.5) is 0 Å². The molecule has 0 aliphatic carbocycles. The van der Waals surface area contributed by atoms with Gasteiger partial charge in [0.2, 0.25) is 0 Å². The van der Waals surface area contributed by atoms with Crippen molar-refractivity contribution in [1.29, 1.82) is 0 Å². The lowest BCUT2D eigenvalue weighted by Gasteiger charge is -2.43. The van der Waals surface area contributed by atoms with Crippen LogP contribution >= 0.6 is 38.5 Å². The van der Waals surface area contributed by atoms with Crippen molar-refractivity contribution in [2.45, 2.75) is 6.04 Å². The normalized spacial score (nSPS) is 16.2. The monoisotopic (exact) mass is 408 g/mol. The van der Waals surface area contributed by atoms with Crippen molar-refractivity contribution in [3.05, 3.63) is 31.8 Å². The van der Waals surface area contributed by atoms with Crippen molar-refractivity contribution in [2.75, 3.05) is 27.2 Å². The maximum Gasteiger partial charge on any atom is 0.256 e. The molecular weight excluding hydrogens is 395 g/mol. The summed E-state index contributed by atoms with van der Waals surface area (Å²) < 4.78 is 1.87. The van der Waals surface area contributed by atoms with Gasteiger partial charge in [0.1, 0.15) is 0 Å². The maximum absolute atomic E-state index is 12.3. The Labute approximate surface area is 123 Å². The first kappa shape index (κ1) is 13.3. The molecule has 0 unspecified atom stereocenters. The molecule has 1 aliphatic rings. The summed E-state index contributed by atoms with van der Waals surface area (Å²) in [6.45, 7) is 1.65. The molecule has 1 fully saturated rings. The van der Waals surface area contributed by atoms with Gasteiger partial charge in [-0.15, -0.1) is 0 Å². The molecule has 1 amide bonds. The second kappa shape index (κ2) is 5.24. The maximum atomic E-state index is 12.3. The van der Waals surface area contributed by atoms with Gasteiger partial charge in [-0.05, 0) is 64.7 Å². The molecule has 0 spiro atoms. The van der Waals surface area contributed by atoms with E-state index in [9.17, 15) is 4.79 Å². The van der Waals surface area contributed by atoms with Crippen molar-refractivity contribution in [2.24, 2.45) is 0 Å². The van der Waals surface area contributed by atoms with Gasteiger partial charge in [0.25, 0.3) is 5.91 Å². The summed E-state index contributed by atoms with van der Waals surface area (Å²) in [4.78, 5) is 16.4. The molecule has 2 rings (SSSR count). The lowest BCUT2D eigenvalue weighted by Crippen LogP contribution is -2.59. The van der Waals surface area contributed by atoms with Crippen LogP contribution in [-0.4, -0.2) is 48.9 Å². The average Bonchev–Trinajstić information content (AvgIpc) is 2.13. The van der Waals surface area contributed by atoms with Crippen LogP contribution in [-0.2, 0) is 0 Å².